The molecular formula is C17H31N3S. The van der Waals surface area contributed by atoms with Crippen LogP contribution in [0.25, 0.3) is 0 Å². The molecule has 0 bridgehead atoms. The van der Waals surface area contributed by atoms with Gasteiger partial charge in [0.05, 0.1) is 5.69 Å². The van der Waals surface area contributed by atoms with E-state index in [1.54, 1.807) is 0 Å². The van der Waals surface area contributed by atoms with E-state index >= 15 is 0 Å². The van der Waals surface area contributed by atoms with Crippen molar-refractivity contribution in [3.05, 3.63) is 10.6 Å². The fraction of sp³-hybridized carbons (Fsp3) is 0.824. The van der Waals surface area contributed by atoms with Gasteiger partial charge in [-0.2, -0.15) is 0 Å². The fourth-order valence-electron chi connectivity index (χ4n) is 3.24. The minimum Gasteiger partial charge on any atom is -0.345 e. The van der Waals surface area contributed by atoms with E-state index in [1.807, 2.05) is 11.3 Å². The molecule has 0 saturated heterocycles. The molecule has 1 heterocycles. The van der Waals surface area contributed by atoms with Gasteiger partial charge in [-0.15, -0.1) is 11.3 Å². The Labute approximate surface area is 134 Å². The lowest BCUT2D eigenvalue weighted by Gasteiger charge is -2.33. The summed E-state index contributed by atoms with van der Waals surface area (Å²) in [5.74, 6) is 0. The molecule has 0 amide bonds. The van der Waals surface area contributed by atoms with Gasteiger partial charge in [0.1, 0.15) is 0 Å². The molecule has 0 aliphatic heterocycles. The van der Waals surface area contributed by atoms with Crippen LogP contribution in [0.2, 0.25) is 0 Å². The van der Waals surface area contributed by atoms with Crippen LogP contribution in [0.3, 0.4) is 0 Å². The van der Waals surface area contributed by atoms with Gasteiger partial charge in [-0.1, -0.05) is 39.5 Å². The molecule has 1 aliphatic carbocycles. The van der Waals surface area contributed by atoms with E-state index in [1.165, 1.54) is 54.2 Å². The summed E-state index contributed by atoms with van der Waals surface area (Å²) in [7, 11) is 0. The SMILES string of the molecule is CCCc1nc(N(CC)C2CCCCC2)sc1CNCC. The van der Waals surface area contributed by atoms with Crippen LogP contribution in [0, 0.1) is 0 Å². The number of aromatic nitrogens is 1. The van der Waals surface area contributed by atoms with Gasteiger partial charge in [-0.25, -0.2) is 4.98 Å². The first-order valence-corrected chi connectivity index (χ1v) is 9.57. The highest BCUT2D eigenvalue weighted by atomic mass is 32.1. The van der Waals surface area contributed by atoms with Crippen molar-refractivity contribution in [1.82, 2.24) is 10.3 Å². The van der Waals surface area contributed by atoms with Gasteiger partial charge < -0.3 is 10.2 Å². The molecule has 0 atom stereocenters. The maximum atomic E-state index is 5.00. The molecule has 1 fully saturated rings. The second kappa shape index (κ2) is 8.74. The monoisotopic (exact) mass is 309 g/mol. The van der Waals surface area contributed by atoms with Crippen LogP contribution < -0.4 is 10.2 Å². The highest BCUT2D eigenvalue weighted by Crippen LogP contribution is 2.32. The van der Waals surface area contributed by atoms with Crippen LogP contribution in [-0.4, -0.2) is 24.1 Å². The number of aryl methyl sites for hydroxylation is 1. The molecule has 1 aromatic rings. The van der Waals surface area contributed by atoms with Crippen molar-refractivity contribution in [3.63, 3.8) is 0 Å². The molecule has 0 unspecified atom stereocenters. The Balaban J connectivity index is 2.15. The van der Waals surface area contributed by atoms with Crippen LogP contribution in [0.15, 0.2) is 0 Å². The molecule has 1 aliphatic rings. The lowest BCUT2D eigenvalue weighted by molar-refractivity contribution is 0.418. The number of anilines is 1. The molecule has 0 radical (unpaired) electrons. The van der Waals surface area contributed by atoms with Gasteiger partial charge in [-0.05, 0) is 32.7 Å². The molecule has 2 rings (SSSR count). The number of nitrogens with zero attached hydrogens (tertiary/aromatic N) is 2. The number of hydrogen-bond donors (Lipinski definition) is 1. The zero-order valence-electron chi connectivity index (χ0n) is 14.0. The Kier molecular flexibility index (Phi) is 6.97. The third-order valence-corrected chi connectivity index (χ3v) is 5.53. The van der Waals surface area contributed by atoms with Crippen LogP contribution in [0.1, 0.15) is 69.9 Å². The lowest BCUT2D eigenvalue weighted by Crippen LogP contribution is -2.36. The van der Waals surface area contributed by atoms with E-state index in [2.05, 4.69) is 31.0 Å². The van der Waals surface area contributed by atoms with E-state index in [0.717, 1.165) is 32.1 Å². The number of rotatable bonds is 8. The zero-order chi connectivity index (χ0) is 15.1. The first-order valence-electron chi connectivity index (χ1n) is 8.76. The summed E-state index contributed by atoms with van der Waals surface area (Å²) in [6, 6.07) is 0.719. The summed E-state index contributed by atoms with van der Waals surface area (Å²) in [6.45, 7) is 9.78. The molecule has 1 saturated carbocycles. The van der Waals surface area contributed by atoms with Crippen molar-refractivity contribution in [2.24, 2.45) is 0 Å². The summed E-state index contributed by atoms with van der Waals surface area (Å²) >= 11 is 1.92. The fourth-order valence-corrected chi connectivity index (χ4v) is 4.46. The Bertz CT molecular complexity index is 410. The maximum absolute atomic E-state index is 5.00. The van der Waals surface area contributed by atoms with E-state index in [-0.39, 0.29) is 0 Å². The quantitative estimate of drug-likeness (QED) is 0.773. The summed E-state index contributed by atoms with van der Waals surface area (Å²) in [5, 5.41) is 4.73. The van der Waals surface area contributed by atoms with Crippen molar-refractivity contribution < 1.29 is 0 Å². The second-order valence-corrected chi connectivity index (χ2v) is 7.04. The van der Waals surface area contributed by atoms with Crippen LogP contribution in [-0.2, 0) is 13.0 Å². The molecule has 1 N–H and O–H groups in total. The maximum Gasteiger partial charge on any atom is 0.186 e. The summed E-state index contributed by atoms with van der Waals surface area (Å²) in [5.41, 5.74) is 1.33. The molecule has 0 spiro atoms. The first-order chi connectivity index (χ1) is 10.3. The van der Waals surface area contributed by atoms with E-state index in [0.29, 0.717) is 0 Å². The Hall–Kier alpha value is -0.610. The van der Waals surface area contributed by atoms with E-state index < -0.39 is 0 Å². The number of hydrogen-bond acceptors (Lipinski definition) is 4. The van der Waals surface area contributed by atoms with E-state index in [9.17, 15) is 0 Å². The van der Waals surface area contributed by atoms with Gasteiger partial charge in [0.2, 0.25) is 0 Å². The predicted octanol–water partition coefficient (Wildman–Crippen LogP) is 4.36. The third kappa shape index (κ3) is 4.43. The summed E-state index contributed by atoms with van der Waals surface area (Å²) in [4.78, 5) is 9.02. The average molecular weight is 310 g/mol. The van der Waals surface area contributed by atoms with Crippen molar-refractivity contribution >= 4 is 16.5 Å². The Morgan fingerprint density at radius 1 is 1.19 bits per heavy atom. The average Bonchev–Trinajstić information content (AvgIpc) is 2.90. The summed E-state index contributed by atoms with van der Waals surface area (Å²) < 4.78 is 0. The smallest absolute Gasteiger partial charge is 0.186 e. The normalized spacial score (nSPS) is 16.3. The molecular weight excluding hydrogens is 278 g/mol. The molecule has 120 valence electrons. The van der Waals surface area contributed by atoms with Crippen molar-refractivity contribution in [2.45, 2.75) is 78.3 Å². The number of thiazole rings is 1. The number of nitrogens with one attached hydrogen (secondary N) is 1. The minimum atomic E-state index is 0.719. The highest BCUT2D eigenvalue weighted by Gasteiger charge is 2.23. The topological polar surface area (TPSA) is 28.2 Å². The molecule has 4 heteroatoms. The predicted molar refractivity (Wildman–Crippen MR) is 93.4 cm³/mol. The van der Waals surface area contributed by atoms with Gasteiger partial charge in [-0.3, -0.25) is 0 Å². The van der Waals surface area contributed by atoms with Gasteiger partial charge >= 0.3 is 0 Å². The molecule has 1 aromatic heterocycles. The Morgan fingerprint density at radius 2 is 1.95 bits per heavy atom. The molecule has 3 nitrogen and oxygen atoms in total. The van der Waals surface area contributed by atoms with Gasteiger partial charge in [0, 0.05) is 24.0 Å². The zero-order valence-corrected chi connectivity index (χ0v) is 14.8. The van der Waals surface area contributed by atoms with Crippen LogP contribution >= 0.6 is 11.3 Å². The van der Waals surface area contributed by atoms with Crippen LogP contribution in [0.5, 0.6) is 0 Å². The summed E-state index contributed by atoms with van der Waals surface area (Å²) in [6.07, 6.45) is 9.17. The first kappa shape index (κ1) is 16.8. The van der Waals surface area contributed by atoms with Gasteiger partial charge in [0.25, 0.3) is 0 Å². The van der Waals surface area contributed by atoms with Gasteiger partial charge in [0.15, 0.2) is 5.13 Å². The molecule has 0 aromatic carbocycles. The standard InChI is InChI=1S/C17H31N3S/c1-4-10-15-16(13-18-5-2)21-17(19-15)20(6-3)14-11-8-7-9-12-14/h14,18H,4-13H2,1-3H3. The van der Waals surface area contributed by atoms with Crippen molar-refractivity contribution in [1.29, 1.82) is 0 Å². The van der Waals surface area contributed by atoms with Crippen LogP contribution in [0.4, 0.5) is 5.13 Å². The minimum absolute atomic E-state index is 0.719. The largest absolute Gasteiger partial charge is 0.345 e. The molecule has 21 heavy (non-hydrogen) atoms. The van der Waals surface area contributed by atoms with E-state index in [4.69, 9.17) is 4.98 Å². The second-order valence-electron chi connectivity index (χ2n) is 5.97. The Morgan fingerprint density at radius 3 is 2.57 bits per heavy atom. The van der Waals surface area contributed by atoms with Crippen molar-refractivity contribution in [2.75, 3.05) is 18.0 Å². The van der Waals surface area contributed by atoms with Crippen molar-refractivity contribution in [3.8, 4) is 0 Å². The third-order valence-electron chi connectivity index (χ3n) is 4.39. The lowest BCUT2D eigenvalue weighted by atomic mass is 9.94. The highest BCUT2D eigenvalue weighted by molar-refractivity contribution is 7.15.